The minimum atomic E-state index is -0.950. The first-order valence-corrected chi connectivity index (χ1v) is 6.44. The second-order valence-corrected chi connectivity index (χ2v) is 4.85. The SMILES string of the molecule is Cn1nccc1CCSc1ccc(C(=O)O)cn1. The Balaban J connectivity index is 1.87. The van der Waals surface area contributed by atoms with E-state index >= 15 is 0 Å². The van der Waals surface area contributed by atoms with E-state index in [-0.39, 0.29) is 5.56 Å². The van der Waals surface area contributed by atoms with Gasteiger partial charge in [-0.3, -0.25) is 4.68 Å². The quantitative estimate of drug-likeness (QED) is 0.834. The van der Waals surface area contributed by atoms with E-state index in [1.807, 2.05) is 17.8 Å². The van der Waals surface area contributed by atoms with Gasteiger partial charge in [0.25, 0.3) is 0 Å². The van der Waals surface area contributed by atoms with Gasteiger partial charge in [0.15, 0.2) is 0 Å². The molecule has 5 nitrogen and oxygen atoms in total. The Hall–Kier alpha value is -1.82. The summed E-state index contributed by atoms with van der Waals surface area (Å²) in [4.78, 5) is 14.8. The number of aryl methyl sites for hydroxylation is 2. The van der Waals surface area contributed by atoms with Crippen molar-refractivity contribution in [2.45, 2.75) is 11.4 Å². The molecule has 0 saturated carbocycles. The monoisotopic (exact) mass is 263 g/mol. The van der Waals surface area contributed by atoms with Gasteiger partial charge in [-0.2, -0.15) is 5.10 Å². The molecule has 0 aliphatic carbocycles. The number of aromatic nitrogens is 3. The number of aromatic carboxylic acids is 1. The van der Waals surface area contributed by atoms with E-state index in [9.17, 15) is 4.79 Å². The molecule has 2 rings (SSSR count). The minimum Gasteiger partial charge on any atom is -0.478 e. The molecule has 1 N–H and O–H groups in total. The standard InChI is InChI=1S/C12H13N3O2S/c1-15-10(4-6-14-15)5-7-18-11-3-2-9(8-13-11)12(16)17/h2-4,6,8H,5,7H2,1H3,(H,16,17). The molecule has 94 valence electrons. The Morgan fingerprint density at radius 3 is 2.83 bits per heavy atom. The number of rotatable bonds is 5. The summed E-state index contributed by atoms with van der Waals surface area (Å²) in [5, 5.41) is 13.7. The molecule has 0 atom stereocenters. The summed E-state index contributed by atoms with van der Waals surface area (Å²) in [6.07, 6.45) is 4.07. The number of thioether (sulfide) groups is 1. The fourth-order valence-corrected chi connectivity index (χ4v) is 2.31. The van der Waals surface area contributed by atoms with Crippen molar-refractivity contribution in [1.82, 2.24) is 14.8 Å². The molecule has 18 heavy (non-hydrogen) atoms. The third-order valence-corrected chi connectivity index (χ3v) is 3.46. The van der Waals surface area contributed by atoms with Crippen LogP contribution < -0.4 is 0 Å². The normalized spacial score (nSPS) is 10.5. The van der Waals surface area contributed by atoms with Gasteiger partial charge in [0.2, 0.25) is 0 Å². The Morgan fingerprint density at radius 1 is 1.44 bits per heavy atom. The van der Waals surface area contributed by atoms with Crippen LogP contribution in [0.2, 0.25) is 0 Å². The molecule has 0 spiro atoms. The van der Waals surface area contributed by atoms with Crippen molar-refractivity contribution in [3.8, 4) is 0 Å². The molecule has 0 aromatic carbocycles. The third-order valence-electron chi connectivity index (χ3n) is 2.51. The Morgan fingerprint density at radius 2 is 2.28 bits per heavy atom. The summed E-state index contributed by atoms with van der Waals surface area (Å²) in [5.41, 5.74) is 1.38. The topological polar surface area (TPSA) is 68.0 Å². The number of pyridine rings is 1. The summed E-state index contributed by atoms with van der Waals surface area (Å²) in [6.45, 7) is 0. The number of carbonyl (C=O) groups is 1. The lowest BCUT2D eigenvalue weighted by Gasteiger charge is -2.02. The molecule has 2 aromatic heterocycles. The Labute approximate surface area is 109 Å². The van der Waals surface area contributed by atoms with Crippen molar-refractivity contribution < 1.29 is 9.90 Å². The van der Waals surface area contributed by atoms with Crippen LogP contribution in [0.25, 0.3) is 0 Å². The molecule has 0 amide bonds. The average Bonchev–Trinajstić information content (AvgIpc) is 2.76. The van der Waals surface area contributed by atoms with Crippen LogP contribution in [-0.2, 0) is 13.5 Å². The first kappa shape index (κ1) is 12.6. The molecular formula is C12H13N3O2S. The highest BCUT2D eigenvalue weighted by atomic mass is 32.2. The average molecular weight is 263 g/mol. The van der Waals surface area contributed by atoms with Gasteiger partial charge in [0.05, 0.1) is 10.6 Å². The van der Waals surface area contributed by atoms with Gasteiger partial charge in [0.1, 0.15) is 0 Å². The summed E-state index contributed by atoms with van der Waals surface area (Å²) in [7, 11) is 1.92. The van der Waals surface area contributed by atoms with E-state index in [0.717, 1.165) is 17.2 Å². The van der Waals surface area contributed by atoms with Crippen molar-refractivity contribution in [3.05, 3.63) is 41.9 Å². The largest absolute Gasteiger partial charge is 0.478 e. The lowest BCUT2D eigenvalue weighted by atomic mass is 10.3. The molecule has 6 heteroatoms. The maximum atomic E-state index is 10.7. The van der Waals surface area contributed by atoms with Crippen molar-refractivity contribution >= 4 is 17.7 Å². The van der Waals surface area contributed by atoms with Gasteiger partial charge in [-0.1, -0.05) is 0 Å². The highest BCUT2D eigenvalue weighted by molar-refractivity contribution is 7.99. The van der Waals surface area contributed by atoms with Crippen LogP contribution in [0.4, 0.5) is 0 Å². The number of nitrogens with zero attached hydrogens (tertiary/aromatic N) is 3. The minimum absolute atomic E-state index is 0.214. The van der Waals surface area contributed by atoms with E-state index in [4.69, 9.17) is 5.11 Å². The molecule has 0 fully saturated rings. The first-order valence-electron chi connectivity index (χ1n) is 5.46. The predicted octanol–water partition coefficient (Wildman–Crippen LogP) is 1.85. The summed E-state index contributed by atoms with van der Waals surface area (Å²) < 4.78 is 1.85. The number of hydrogen-bond acceptors (Lipinski definition) is 4. The fraction of sp³-hybridized carbons (Fsp3) is 0.250. The first-order chi connectivity index (χ1) is 8.66. The highest BCUT2D eigenvalue weighted by Crippen LogP contribution is 2.16. The number of carboxylic acid groups (broad SMARTS) is 1. The lowest BCUT2D eigenvalue weighted by molar-refractivity contribution is 0.0696. The van der Waals surface area contributed by atoms with Crippen LogP contribution in [0.3, 0.4) is 0 Å². The summed E-state index contributed by atoms with van der Waals surface area (Å²) in [6, 6.07) is 5.29. The van der Waals surface area contributed by atoms with Crippen LogP contribution in [0.1, 0.15) is 16.1 Å². The number of hydrogen-bond donors (Lipinski definition) is 1. The van der Waals surface area contributed by atoms with Crippen LogP contribution >= 0.6 is 11.8 Å². The molecule has 0 bridgehead atoms. The zero-order valence-corrected chi connectivity index (χ0v) is 10.7. The molecule has 2 heterocycles. The molecule has 0 aliphatic heterocycles. The highest BCUT2D eigenvalue weighted by Gasteiger charge is 2.04. The smallest absolute Gasteiger partial charge is 0.337 e. The Bertz CT molecular complexity index is 537. The maximum Gasteiger partial charge on any atom is 0.337 e. The van der Waals surface area contributed by atoms with Crippen molar-refractivity contribution in [2.75, 3.05) is 5.75 Å². The second-order valence-electron chi connectivity index (χ2n) is 3.73. The fourth-order valence-electron chi connectivity index (χ4n) is 1.50. The van der Waals surface area contributed by atoms with Crippen LogP contribution in [0.15, 0.2) is 35.6 Å². The zero-order valence-electron chi connectivity index (χ0n) is 9.91. The van der Waals surface area contributed by atoms with Gasteiger partial charge in [-0.15, -0.1) is 11.8 Å². The van der Waals surface area contributed by atoms with E-state index in [2.05, 4.69) is 10.1 Å². The molecule has 0 unspecified atom stereocenters. The van der Waals surface area contributed by atoms with E-state index < -0.39 is 5.97 Å². The molecule has 0 aliphatic rings. The van der Waals surface area contributed by atoms with Gasteiger partial charge >= 0.3 is 5.97 Å². The van der Waals surface area contributed by atoms with Gasteiger partial charge in [0, 0.05) is 30.9 Å². The second kappa shape index (κ2) is 5.68. The lowest BCUT2D eigenvalue weighted by Crippen LogP contribution is -2.00. The number of carboxylic acids is 1. The third kappa shape index (κ3) is 3.10. The van der Waals surface area contributed by atoms with Gasteiger partial charge < -0.3 is 5.11 Å². The molecule has 0 radical (unpaired) electrons. The maximum absolute atomic E-state index is 10.7. The van der Waals surface area contributed by atoms with Gasteiger partial charge in [-0.05, 0) is 24.6 Å². The van der Waals surface area contributed by atoms with Crippen LogP contribution in [-0.4, -0.2) is 31.6 Å². The van der Waals surface area contributed by atoms with E-state index in [0.29, 0.717) is 0 Å². The van der Waals surface area contributed by atoms with Crippen molar-refractivity contribution in [2.24, 2.45) is 7.05 Å². The van der Waals surface area contributed by atoms with Gasteiger partial charge in [-0.25, -0.2) is 9.78 Å². The van der Waals surface area contributed by atoms with Crippen LogP contribution in [0.5, 0.6) is 0 Å². The van der Waals surface area contributed by atoms with E-state index in [1.54, 1.807) is 30.1 Å². The zero-order chi connectivity index (χ0) is 13.0. The van der Waals surface area contributed by atoms with E-state index in [1.165, 1.54) is 11.9 Å². The van der Waals surface area contributed by atoms with Crippen molar-refractivity contribution in [3.63, 3.8) is 0 Å². The van der Waals surface area contributed by atoms with Crippen molar-refractivity contribution in [1.29, 1.82) is 0 Å². The molecular weight excluding hydrogens is 250 g/mol. The summed E-state index contributed by atoms with van der Waals surface area (Å²) in [5.74, 6) is -0.0622. The predicted molar refractivity (Wildman–Crippen MR) is 68.8 cm³/mol. The Kier molecular flexibility index (Phi) is 3.99. The molecule has 2 aromatic rings. The summed E-state index contributed by atoms with van der Waals surface area (Å²) >= 11 is 1.60. The molecule has 0 saturated heterocycles. The van der Waals surface area contributed by atoms with Crippen LogP contribution in [0, 0.1) is 0 Å².